The molecular weight excluding hydrogens is 683 g/mol. The Morgan fingerprint density at radius 1 is 0.756 bits per heavy atom. The van der Waals surface area contributed by atoms with E-state index in [0.29, 0.717) is 27.6 Å². The molecule has 0 N–H and O–H groups in total. The number of nitrogens with zero attached hydrogens (tertiary/aromatic N) is 3. The molecule has 41 heavy (non-hydrogen) atoms. The number of hydrogen-bond donors (Lipinski definition) is 0. The first-order valence-electron chi connectivity index (χ1n) is 16.1. The minimum Gasteiger partial charge on any atom is -0.486 e. The second kappa shape index (κ2) is 13.3. The standard InChI is InChI=1S/C25H19N2O.C11H8N.Ir/c1-17-14-15-26-23(16-17)22-9-5-8-20-21-13-12-19(27-25(21)28-24(20)22)11-10-18-6-3-2-4-7-18;1-2-6-10(7-3-1)11-8-4-5-9-12-11;/h2-8,12-16H,10-11H2,1H3;1-6,8-9H;/q2*-1;/i1D3,10D2,11D2;;. The van der Waals surface area contributed by atoms with Crippen LogP contribution in [0.1, 0.15) is 26.4 Å². The van der Waals surface area contributed by atoms with Crippen LogP contribution in [0.4, 0.5) is 0 Å². The fourth-order valence-electron chi connectivity index (χ4n) is 4.18. The van der Waals surface area contributed by atoms with Crippen molar-refractivity contribution in [2.24, 2.45) is 0 Å². The van der Waals surface area contributed by atoms with Crippen molar-refractivity contribution in [2.75, 3.05) is 0 Å². The van der Waals surface area contributed by atoms with Gasteiger partial charge in [-0.15, -0.1) is 54.1 Å². The van der Waals surface area contributed by atoms with E-state index in [0.717, 1.165) is 11.3 Å². The fourth-order valence-corrected chi connectivity index (χ4v) is 4.18. The molecule has 4 nitrogen and oxygen atoms in total. The second-order valence-corrected chi connectivity index (χ2v) is 8.78. The topological polar surface area (TPSA) is 51.8 Å². The van der Waals surface area contributed by atoms with E-state index in [1.54, 1.807) is 54.7 Å². The molecule has 0 spiro atoms. The van der Waals surface area contributed by atoms with Crippen molar-refractivity contribution in [1.82, 2.24) is 15.0 Å². The van der Waals surface area contributed by atoms with E-state index < -0.39 is 19.6 Å². The van der Waals surface area contributed by atoms with Gasteiger partial charge in [0.25, 0.3) is 0 Å². The first-order valence-corrected chi connectivity index (χ1v) is 12.6. The zero-order valence-corrected chi connectivity index (χ0v) is 24.0. The zero-order chi connectivity index (χ0) is 33.2. The maximum Gasteiger partial charge on any atom is 0.216 e. The molecule has 7 rings (SSSR count). The molecule has 203 valence electrons. The van der Waals surface area contributed by atoms with Gasteiger partial charge < -0.3 is 14.4 Å². The van der Waals surface area contributed by atoms with Crippen LogP contribution in [-0.4, -0.2) is 15.0 Å². The normalized spacial score (nSPS) is 14.1. The number of fused-ring (bicyclic) bond motifs is 3. The van der Waals surface area contributed by atoms with Crippen molar-refractivity contribution in [3.05, 3.63) is 151 Å². The number of aromatic nitrogens is 3. The van der Waals surface area contributed by atoms with Gasteiger partial charge in [0.05, 0.1) is 5.58 Å². The Morgan fingerprint density at radius 3 is 2.41 bits per heavy atom. The summed E-state index contributed by atoms with van der Waals surface area (Å²) in [5.74, 6) is 0. The molecule has 0 bridgehead atoms. The largest absolute Gasteiger partial charge is 0.486 e. The molecule has 0 amide bonds. The molecule has 4 aromatic heterocycles. The summed E-state index contributed by atoms with van der Waals surface area (Å²) >= 11 is 0. The molecule has 0 aliphatic carbocycles. The molecule has 0 unspecified atom stereocenters. The van der Waals surface area contributed by atoms with Crippen LogP contribution in [0.5, 0.6) is 0 Å². The molecule has 4 heterocycles. The minimum atomic E-state index is -2.45. The summed E-state index contributed by atoms with van der Waals surface area (Å²) in [6.45, 7) is -2.29. The molecule has 0 saturated heterocycles. The quantitative estimate of drug-likeness (QED) is 0.168. The maximum absolute atomic E-state index is 8.59. The van der Waals surface area contributed by atoms with Crippen LogP contribution in [-0.2, 0) is 32.9 Å². The average Bonchev–Trinajstić information content (AvgIpc) is 3.48. The number of pyridine rings is 3. The Labute approximate surface area is 263 Å². The summed E-state index contributed by atoms with van der Waals surface area (Å²) in [6.07, 6.45) is -1.59. The van der Waals surface area contributed by atoms with E-state index >= 15 is 0 Å². The van der Waals surface area contributed by atoms with Crippen LogP contribution >= 0.6 is 0 Å². The Hall–Kier alpha value is -4.44. The molecular formula is C36H27IrN3O-2. The van der Waals surface area contributed by atoms with Crippen LogP contribution in [0.15, 0.2) is 126 Å². The van der Waals surface area contributed by atoms with Crippen LogP contribution in [0.2, 0.25) is 0 Å². The third kappa shape index (κ3) is 6.66. The monoisotopic (exact) mass is 717 g/mol. The summed E-state index contributed by atoms with van der Waals surface area (Å²) in [5, 5.41) is 1.29. The van der Waals surface area contributed by atoms with Crippen molar-refractivity contribution < 1.29 is 34.1 Å². The van der Waals surface area contributed by atoms with E-state index in [1.807, 2.05) is 42.5 Å². The van der Waals surface area contributed by atoms with Crippen molar-refractivity contribution in [2.45, 2.75) is 19.6 Å². The predicted octanol–water partition coefficient (Wildman–Crippen LogP) is 8.48. The molecule has 1 radical (unpaired) electrons. The zero-order valence-electron chi connectivity index (χ0n) is 28.6. The van der Waals surface area contributed by atoms with E-state index in [9.17, 15) is 0 Å². The average molecular weight is 717 g/mol. The summed E-state index contributed by atoms with van der Waals surface area (Å²) < 4.78 is 63.2. The third-order valence-corrected chi connectivity index (χ3v) is 6.07. The van der Waals surface area contributed by atoms with Gasteiger partial charge in [0, 0.05) is 53.2 Å². The Balaban J connectivity index is 0.000000291. The van der Waals surface area contributed by atoms with Gasteiger partial charge >= 0.3 is 0 Å². The number of furan rings is 1. The Morgan fingerprint density at radius 2 is 1.61 bits per heavy atom. The molecule has 0 atom stereocenters. The van der Waals surface area contributed by atoms with Crippen LogP contribution in [0, 0.1) is 19.0 Å². The van der Waals surface area contributed by atoms with Gasteiger partial charge in [0.15, 0.2) is 0 Å². The molecule has 0 aliphatic rings. The Kier molecular flexibility index (Phi) is 6.62. The predicted molar refractivity (Wildman–Crippen MR) is 161 cm³/mol. The summed E-state index contributed by atoms with van der Waals surface area (Å²) in [4.78, 5) is 12.9. The first kappa shape index (κ1) is 20.4. The van der Waals surface area contributed by atoms with Crippen LogP contribution in [0.25, 0.3) is 44.6 Å². The van der Waals surface area contributed by atoms with Gasteiger partial charge in [-0.25, -0.2) is 4.98 Å². The SMILES string of the molecule is [2H]C([2H])([2H])c1ccnc(-c2[c-]ccc3c2oc2nc(C([2H])([2H])C([2H])([2H])c4ccccc4)ccc23)c1.[Ir].[c-]1ccccc1-c1ccccn1. The molecule has 5 heteroatoms. The molecule has 3 aromatic carbocycles. The summed E-state index contributed by atoms with van der Waals surface area (Å²) in [6, 6.07) is 37.5. The number of hydrogen-bond acceptors (Lipinski definition) is 4. The smallest absolute Gasteiger partial charge is 0.216 e. The van der Waals surface area contributed by atoms with Gasteiger partial charge in [0.1, 0.15) is 0 Å². The van der Waals surface area contributed by atoms with Crippen molar-refractivity contribution in [1.29, 1.82) is 0 Å². The first-order chi connectivity index (χ1) is 22.5. The van der Waals surface area contributed by atoms with E-state index in [2.05, 4.69) is 27.1 Å². The van der Waals surface area contributed by atoms with Gasteiger partial charge in [-0.2, -0.15) is 0 Å². The van der Waals surface area contributed by atoms with Crippen molar-refractivity contribution in [3.8, 4) is 22.5 Å². The van der Waals surface area contributed by atoms with E-state index in [1.165, 1.54) is 24.4 Å². The molecule has 7 aromatic rings. The van der Waals surface area contributed by atoms with Crippen LogP contribution < -0.4 is 0 Å². The van der Waals surface area contributed by atoms with Crippen LogP contribution in [0.3, 0.4) is 0 Å². The molecule has 0 fully saturated rings. The minimum absolute atomic E-state index is 0. The van der Waals surface area contributed by atoms with E-state index in [4.69, 9.17) is 14.0 Å². The number of rotatable bonds is 5. The molecule has 0 saturated carbocycles. The summed E-state index contributed by atoms with van der Waals surface area (Å²) in [5.41, 5.74) is 3.60. The van der Waals surface area contributed by atoms with Crippen molar-refractivity contribution >= 4 is 22.1 Å². The maximum atomic E-state index is 8.59. The Bertz CT molecular complexity index is 2100. The van der Waals surface area contributed by atoms with Gasteiger partial charge in [0.2, 0.25) is 5.71 Å². The van der Waals surface area contributed by atoms with Gasteiger partial charge in [-0.1, -0.05) is 65.0 Å². The number of benzene rings is 3. The van der Waals surface area contributed by atoms with Crippen molar-refractivity contribution in [3.63, 3.8) is 0 Å². The number of aryl methyl sites for hydroxylation is 3. The van der Waals surface area contributed by atoms with Gasteiger partial charge in [-0.3, -0.25) is 0 Å². The van der Waals surface area contributed by atoms with Gasteiger partial charge in [-0.05, 0) is 60.8 Å². The summed E-state index contributed by atoms with van der Waals surface area (Å²) in [7, 11) is 0. The molecule has 0 aliphatic heterocycles. The van der Waals surface area contributed by atoms with E-state index in [-0.39, 0.29) is 42.6 Å². The second-order valence-electron chi connectivity index (χ2n) is 8.78. The fraction of sp³-hybridized carbons (Fsp3) is 0.0833. The third-order valence-electron chi connectivity index (χ3n) is 6.07.